The molecule has 0 fully saturated rings. The molecule has 3 nitrogen and oxygen atoms in total. The van der Waals surface area contributed by atoms with E-state index in [-0.39, 0.29) is 5.91 Å². The molecule has 0 saturated heterocycles. The third kappa shape index (κ3) is 3.97. The highest BCUT2D eigenvalue weighted by Gasteiger charge is 2.10. The van der Waals surface area contributed by atoms with Gasteiger partial charge in [0, 0.05) is 36.0 Å². The zero-order chi connectivity index (χ0) is 13.0. The zero-order valence-corrected chi connectivity index (χ0v) is 11.7. The summed E-state index contributed by atoms with van der Waals surface area (Å²) in [7, 11) is 3.50. The second kappa shape index (κ2) is 5.96. The fraction of sp³-hybridized carbons (Fsp3) is 0.462. The van der Waals surface area contributed by atoms with Gasteiger partial charge >= 0.3 is 0 Å². The molecule has 0 atom stereocenters. The van der Waals surface area contributed by atoms with Crippen LogP contribution in [0, 0.1) is 5.92 Å². The molecule has 1 aromatic carbocycles. The maximum Gasteiger partial charge on any atom is 0.253 e. The Labute approximate surface area is 107 Å². The molecule has 0 aliphatic carbocycles. The number of nitrogens with zero attached hydrogens (tertiary/aromatic N) is 1. The van der Waals surface area contributed by atoms with E-state index in [1.165, 1.54) is 0 Å². The van der Waals surface area contributed by atoms with Crippen LogP contribution in [0.3, 0.4) is 0 Å². The topological polar surface area (TPSA) is 46.3 Å². The van der Waals surface area contributed by atoms with Crippen molar-refractivity contribution < 1.29 is 4.79 Å². The Bertz CT molecular complexity index is 402. The van der Waals surface area contributed by atoms with Crippen molar-refractivity contribution in [1.82, 2.24) is 4.90 Å². The van der Waals surface area contributed by atoms with Crippen LogP contribution >= 0.6 is 11.8 Å². The second-order valence-corrected chi connectivity index (χ2v) is 5.72. The molecule has 0 unspecified atom stereocenters. The first-order valence-electron chi connectivity index (χ1n) is 5.65. The lowest BCUT2D eigenvalue weighted by atomic mass is 10.2. The first-order valence-corrected chi connectivity index (χ1v) is 6.64. The van der Waals surface area contributed by atoms with Gasteiger partial charge in [0.05, 0.1) is 0 Å². The van der Waals surface area contributed by atoms with E-state index in [9.17, 15) is 4.79 Å². The molecule has 17 heavy (non-hydrogen) atoms. The molecule has 0 aliphatic rings. The lowest BCUT2D eigenvalue weighted by molar-refractivity contribution is 0.0827. The van der Waals surface area contributed by atoms with Crippen molar-refractivity contribution in [3.8, 4) is 0 Å². The van der Waals surface area contributed by atoms with E-state index in [1.54, 1.807) is 42.9 Å². The molecular weight excluding hydrogens is 232 g/mol. The number of carbonyl (C=O) groups is 1. The molecule has 0 spiro atoms. The van der Waals surface area contributed by atoms with E-state index in [0.717, 1.165) is 16.3 Å². The summed E-state index contributed by atoms with van der Waals surface area (Å²) in [6.07, 6.45) is 0. The Hall–Kier alpha value is -1.16. The van der Waals surface area contributed by atoms with Crippen LogP contribution < -0.4 is 5.73 Å². The number of anilines is 1. The molecule has 1 amide bonds. The van der Waals surface area contributed by atoms with Gasteiger partial charge in [-0.2, -0.15) is 0 Å². The SMILES string of the molecule is CC(C)CSc1cc(C(=O)N(C)C)ccc1N. The third-order valence-electron chi connectivity index (χ3n) is 2.24. The first kappa shape index (κ1) is 13.9. The van der Waals surface area contributed by atoms with Crippen molar-refractivity contribution in [2.75, 3.05) is 25.6 Å². The smallest absolute Gasteiger partial charge is 0.253 e. The second-order valence-electron chi connectivity index (χ2n) is 4.66. The van der Waals surface area contributed by atoms with Crippen LogP contribution in [0.1, 0.15) is 24.2 Å². The minimum atomic E-state index is 0.0106. The lowest BCUT2D eigenvalue weighted by Crippen LogP contribution is -2.21. The number of rotatable bonds is 4. The summed E-state index contributed by atoms with van der Waals surface area (Å²) < 4.78 is 0. The van der Waals surface area contributed by atoms with Crippen molar-refractivity contribution in [1.29, 1.82) is 0 Å². The first-order chi connectivity index (χ1) is 7.91. The molecule has 4 heteroatoms. The average molecular weight is 252 g/mol. The van der Waals surface area contributed by atoms with Crippen LogP contribution in [0.25, 0.3) is 0 Å². The van der Waals surface area contributed by atoms with Crippen molar-refractivity contribution in [3.63, 3.8) is 0 Å². The molecule has 0 radical (unpaired) electrons. The van der Waals surface area contributed by atoms with Gasteiger partial charge in [-0.1, -0.05) is 13.8 Å². The normalized spacial score (nSPS) is 10.6. The predicted octanol–water partition coefficient (Wildman–Crippen LogP) is 2.72. The molecule has 0 heterocycles. The van der Waals surface area contributed by atoms with E-state index in [4.69, 9.17) is 5.73 Å². The van der Waals surface area contributed by atoms with Crippen LogP contribution in [-0.4, -0.2) is 30.7 Å². The summed E-state index contributed by atoms with van der Waals surface area (Å²) in [6, 6.07) is 5.46. The van der Waals surface area contributed by atoms with Crippen LogP contribution in [0.4, 0.5) is 5.69 Å². The van der Waals surface area contributed by atoms with Gasteiger partial charge < -0.3 is 10.6 Å². The Morgan fingerprint density at radius 2 is 2.06 bits per heavy atom. The van der Waals surface area contributed by atoms with Gasteiger partial charge in [-0.05, 0) is 24.1 Å². The minimum absolute atomic E-state index is 0.0106. The number of carbonyl (C=O) groups excluding carboxylic acids is 1. The summed E-state index contributed by atoms with van der Waals surface area (Å²) in [5.41, 5.74) is 7.34. The van der Waals surface area contributed by atoms with E-state index >= 15 is 0 Å². The Balaban J connectivity index is 2.90. The Morgan fingerprint density at radius 1 is 1.41 bits per heavy atom. The summed E-state index contributed by atoms with van der Waals surface area (Å²) >= 11 is 1.70. The minimum Gasteiger partial charge on any atom is -0.398 e. The summed E-state index contributed by atoms with van der Waals surface area (Å²) in [5, 5.41) is 0. The predicted molar refractivity (Wildman–Crippen MR) is 74.4 cm³/mol. The molecule has 0 saturated carbocycles. The molecule has 1 rings (SSSR count). The van der Waals surface area contributed by atoms with E-state index in [1.807, 2.05) is 6.07 Å². The van der Waals surface area contributed by atoms with Gasteiger partial charge in [0.1, 0.15) is 0 Å². The van der Waals surface area contributed by atoms with E-state index < -0.39 is 0 Å². The van der Waals surface area contributed by atoms with Crippen molar-refractivity contribution in [2.45, 2.75) is 18.7 Å². The molecule has 0 aliphatic heterocycles. The number of benzene rings is 1. The van der Waals surface area contributed by atoms with E-state index in [0.29, 0.717) is 11.5 Å². The fourth-order valence-corrected chi connectivity index (χ4v) is 2.26. The quantitative estimate of drug-likeness (QED) is 0.662. The number of nitrogen functional groups attached to an aromatic ring is 1. The number of nitrogens with two attached hydrogens (primary N) is 1. The van der Waals surface area contributed by atoms with Gasteiger partial charge in [-0.25, -0.2) is 0 Å². The Kier molecular flexibility index (Phi) is 4.87. The maximum absolute atomic E-state index is 11.8. The zero-order valence-electron chi connectivity index (χ0n) is 10.9. The number of hydrogen-bond donors (Lipinski definition) is 1. The van der Waals surface area contributed by atoms with Gasteiger partial charge in [0.15, 0.2) is 0 Å². The standard InChI is InChI=1S/C13H20N2OS/c1-9(2)8-17-12-7-10(5-6-11(12)14)13(16)15(3)4/h5-7,9H,8,14H2,1-4H3. The van der Waals surface area contributed by atoms with Crippen LogP contribution in [0.15, 0.2) is 23.1 Å². The summed E-state index contributed by atoms with van der Waals surface area (Å²) in [6.45, 7) is 4.33. The summed E-state index contributed by atoms with van der Waals surface area (Å²) in [5.74, 6) is 1.62. The summed E-state index contributed by atoms with van der Waals surface area (Å²) in [4.78, 5) is 14.4. The number of amides is 1. The molecule has 2 N–H and O–H groups in total. The van der Waals surface area contributed by atoms with Gasteiger partial charge in [-0.15, -0.1) is 11.8 Å². The largest absolute Gasteiger partial charge is 0.398 e. The van der Waals surface area contributed by atoms with Gasteiger partial charge in [0.2, 0.25) is 0 Å². The van der Waals surface area contributed by atoms with Crippen molar-refractivity contribution >= 4 is 23.4 Å². The number of thioether (sulfide) groups is 1. The van der Waals surface area contributed by atoms with Crippen LogP contribution in [0.5, 0.6) is 0 Å². The van der Waals surface area contributed by atoms with Crippen LogP contribution in [-0.2, 0) is 0 Å². The highest BCUT2D eigenvalue weighted by atomic mass is 32.2. The maximum atomic E-state index is 11.8. The molecule has 1 aromatic rings. The van der Waals surface area contributed by atoms with Crippen LogP contribution in [0.2, 0.25) is 0 Å². The molecule has 94 valence electrons. The monoisotopic (exact) mass is 252 g/mol. The van der Waals surface area contributed by atoms with Crippen molar-refractivity contribution in [3.05, 3.63) is 23.8 Å². The van der Waals surface area contributed by atoms with Crippen molar-refractivity contribution in [2.24, 2.45) is 5.92 Å². The Morgan fingerprint density at radius 3 is 2.59 bits per heavy atom. The van der Waals surface area contributed by atoms with E-state index in [2.05, 4.69) is 13.8 Å². The highest BCUT2D eigenvalue weighted by Crippen LogP contribution is 2.28. The van der Waals surface area contributed by atoms with Gasteiger partial charge in [-0.3, -0.25) is 4.79 Å². The molecular formula is C13H20N2OS. The third-order valence-corrected chi connectivity index (χ3v) is 3.74. The fourth-order valence-electron chi connectivity index (χ4n) is 1.31. The molecule has 0 bridgehead atoms. The van der Waals surface area contributed by atoms with Gasteiger partial charge in [0.25, 0.3) is 5.91 Å². The lowest BCUT2D eigenvalue weighted by Gasteiger charge is -2.13. The highest BCUT2D eigenvalue weighted by molar-refractivity contribution is 7.99. The average Bonchev–Trinajstić information content (AvgIpc) is 2.26. The molecule has 0 aromatic heterocycles. The number of hydrogen-bond acceptors (Lipinski definition) is 3.